The highest BCUT2D eigenvalue weighted by Gasteiger charge is 2.34. The van der Waals surface area contributed by atoms with Crippen molar-refractivity contribution in [2.45, 2.75) is 23.6 Å². The fourth-order valence-corrected chi connectivity index (χ4v) is 6.39. The second-order valence-corrected chi connectivity index (χ2v) is 9.03. The first-order chi connectivity index (χ1) is 9.87. The SMILES string of the molecule is CCNc1sc(S(=O)(=O)N(C)C2CCSC2)cc1[N+](=O)[O-]. The summed E-state index contributed by atoms with van der Waals surface area (Å²) in [6, 6.07) is 1.11. The van der Waals surface area contributed by atoms with Crippen molar-refractivity contribution in [1.82, 2.24) is 4.31 Å². The molecule has 1 N–H and O–H groups in total. The van der Waals surface area contributed by atoms with Crippen LogP contribution in [-0.4, -0.2) is 48.8 Å². The highest BCUT2D eigenvalue weighted by atomic mass is 32.2. The lowest BCUT2D eigenvalue weighted by Gasteiger charge is -2.21. The first-order valence-electron chi connectivity index (χ1n) is 6.45. The first kappa shape index (κ1) is 16.5. The molecule has 10 heteroatoms. The molecule has 0 aliphatic carbocycles. The number of nitrogens with one attached hydrogen (secondary N) is 1. The maximum Gasteiger partial charge on any atom is 0.304 e. The molecule has 21 heavy (non-hydrogen) atoms. The van der Waals surface area contributed by atoms with Gasteiger partial charge in [0.2, 0.25) is 0 Å². The van der Waals surface area contributed by atoms with Crippen LogP contribution in [0.1, 0.15) is 13.3 Å². The number of anilines is 1. The zero-order chi connectivity index (χ0) is 15.6. The monoisotopic (exact) mass is 351 g/mol. The van der Waals surface area contributed by atoms with Crippen molar-refractivity contribution < 1.29 is 13.3 Å². The number of nitrogens with zero attached hydrogens (tertiary/aromatic N) is 2. The predicted octanol–water partition coefficient (Wildman–Crippen LogP) is 2.21. The lowest BCUT2D eigenvalue weighted by Crippen LogP contribution is -2.36. The van der Waals surface area contributed by atoms with Crippen LogP contribution < -0.4 is 5.32 Å². The zero-order valence-corrected chi connectivity index (χ0v) is 14.2. The Morgan fingerprint density at radius 2 is 2.29 bits per heavy atom. The molecule has 2 heterocycles. The standard InChI is InChI=1S/C11H17N3O4S3/c1-3-12-11-9(14(15)16)6-10(20-11)21(17,18)13(2)8-4-5-19-7-8/h6,8,12H,3-5,7H2,1-2H3. The lowest BCUT2D eigenvalue weighted by atomic mass is 10.3. The van der Waals surface area contributed by atoms with Gasteiger partial charge in [0.25, 0.3) is 10.0 Å². The highest BCUT2D eigenvalue weighted by Crippen LogP contribution is 2.39. The van der Waals surface area contributed by atoms with Gasteiger partial charge in [-0.15, -0.1) is 0 Å². The van der Waals surface area contributed by atoms with Crippen LogP contribution in [0.15, 0.2) is 10.3 Å². The molecule has 1 fully saturated rings. The smallest absolute Gasteiger partial charge is 0.304 e. The highest BCUT2D eigenvalue weighted by molar-refractivity contribution is 7.99. The molecule has 0 aromatic carbocycles. The van der Waals surface area contributed by atoms with E-state index in [1.54, 1.807) is 25.7 Å². The fraction of sp³-hybridized carbons (Fsp3) is 0.636. The van der Waals surface area contributed by atoms with Gasteiger partial charge in [0.05, 0.1) is 4.92 Å². The molecule has 0 radical (unpaired) electrons. The van der Waals surface area contributed by atoms with Crippen LogP contribution >= 0.6 is 23.1 Å². The Balaban J connectivity index is 2.35. The molecule has 7 nitrogen and oxygen atoms in total. The Morgan fingerprint density at radius 3 is 2.81 bits per heavy atom. The van der Waals surface area contributed by atoms with Crippen LogP contribution in [-0.2, 0) is 10.0 Å². The third-order valence-corrected chi connectivity index (χ3v) is 7.86. The van der Waals surface area contributed by atoms with Gasteiger partial charge in [-0.05, 0) is 19.1 Å². The summed E-state index contributed by atoms with van der Waals surface area (Å²) in [6.07, 6.45) is 0.813. The van der Waals surface area contributed by atoms with Crippen LogP contribution in [0.2, 0.25) is 0 Å². The maximum absolute atomic E-state index is 12.6. The third kappa shape index (κ3) is 3.33. The molecule has 118 valence electrons. The van der Waals surface area contributed by atoms with E-state index in [1.807, 2.05) is 0 Å². The predicted molar refractivity (Wildman–Crippen MR) is 85.8 cm³/mol. The minimum Gasteiger partial charge on any atom is -0.372 e. The molecular weight excluding hydrogens is 334 g/mol. The third-order valence-electron chi connectivity index (χ3n) is 3.28. The van der Waals surface area contributed by atoms with E-state index in [0.717, 1.165) is 35.3 Å². The van der Waals surface area contributed by atoms with Crippen LogP contribution in [0, 0.1) is 10.1 Å². The quantitative estimate of drug-likeness (QED) is 0.624. The van der Waals surface area contributed by atoms with E-state index >= 15 is 0 Å². The van der Waals surface area contributed by atoms with Crippen LogP contribution in [0.3, 0.4) is 0 Å². The molecule has 0 bridgehead atoms. The first-order valence-corrected chi connectivity index (χ1v) is 9.87. The van der Waals surface area contributed by atoms with Gasteiger partial charge in [0.15, 0.2) is 5.00 Å². The number of nitro groups is 1. The molecule has 0 amide bonds. The van der Waals surface area contributed by atoms with E-state index in [9.17, 15) is 18.5 Å². The number of rotatable bonds is 6. The summed E-state index contributed by atoms with van der Waals surface area (Å²) in [6.45, 7) is 2.30. The van der Waals surface area contributed by atoms with Crippen LogP contribution in [0.5, 0.6) is 0 Å². The van der Waals surface area contributed by atoms with Crippen molar-refractivity contribution in [3.8, 4) is 0 Å². The molecule has 1 aromatic heterocycles. The van der Waals surface area contributed by atoms with Crippen molar-refractivity contribution in [3.63, 3.8) is 0 Å². The minimum absolute atomic E-state index is 0.0181. The van der Waals surface area contributed by atoms with Crippen LogP contribution in [0.4, 0.5) is 10.7 Å². The Bertz CT molecular complexity index is 623. The van der Waals surface area contributed by atoms with Gasteiger partial charge in [-0.3, -0.25) is 10.1 Å². The van der Waals surface area contributed by atoms with Gasteiger partial charge in [0, 0.05) is 31.5 Å². The van der Waals surface area contributed by atoms with E-state index in [4.69, 9.17) is 0 Å². The Kier molecular flexibility index (Phi) is 5.12. The summed E-state index contributed by atoms with van der Waals surface area (Å²) in [5.74, 6) is 1.71. The average Bonchev–Trinajstić information content (AvgIpc) is 3.07. The molecular formula is C11H17N3O4S3. The Hall–Kier alpha value is -0.840. The summed E-state index contributed by atoms with van der Waals surface area (Å²) < 4.78 is 26.5. The molecule has 2 rings (SSSR count). The van der Waals surface area contributed by atoms with Crippen molar-refractivity contribution in [1.29, 1.82) is 0 Å². The van der Waals surface area contributed by atoms with Crippen molar-refractivity contribution in [3.05, 3.63) is 16.2 Å². The topological polar surface area (TPSA) is 92.6 Å². The molecule has 1 aliphatic heterocycles. The van der Waals surface area contributed by atoms with Gasteiger partial charge < -0.3 is 5.32 Å². The van der Waals surface area contributed by atoms with Gasteiger partial charge >= 0.3 is 5.69 Å². The van der Waals surface area contributed by atoms with E-state index in [2.05, 4.69) is 5.32 Å². The minimum atomic E-state index is -3.68. The lowest BCUT2D eigenvalue weighted by molar-refractivity contribution is -0.383. The summed E-state index contributed by atoms with van der Waals surface area (Å²) in [5, 5.41) is 14.2. The van der Waals surface area contributed by atoms with Crippen LogP contribution in [0.25, 0.3) is 0 Å². The van der Waals surface area contributed by atoms with Gasteiger partial charge in [0.1, 0.15) is 4.21 Å². The molecule has 1 unspecified atom stereocenters. The molecule has 1 atom stereocenters. The van der Waals surface area contributed by atoms with Gasteiger partial charge in [-0.25, -0.2) is 8.42 Å². The van der Waals surface area contributed by atoms with Gasteiger partial charge in [-0.1, -0.05) is 11.3 Å². The molecule has 1 aromatic rings. The Morgan fingerprint density at radius 1 is 1.57 bits per heavy atom. The average molecular weight is 351 g/mol. The van der Waals surface area contributed by atoms with Crippen molar-refractivity contribution in [2.24, 2.45) is 0 Å². The van der Waals surface area contributed by atoms with E-state index < -0.39 is 14.9 Å². The molecule has 0 saturated carbocycles. The Labute approximate surface area is 131 Å². The second kappa shape index (κ2) is 6.51. The van der Waals surface area contributed by atoms with Crippen molar-refractivity contribution in [2.75, 3.05) is 30.4 Å². The normalized spacial score (nSPS) is 19.1. The molecule has 1 aliphatic rings. The number of hydrogen-bond acceptors (Lipinski definition) is 7. The second-order valence-electron chi connectivity index (χ2n) is 4.61. The van der Waals surface area contributed by atoms with Gasteiger partial charge in [-0.2, -0.15) is 16.1 Å². The number of thiophene rings is 1. The summed E-state index contributed by atoms with van der Waals surface area (Å²) in [4.78, 5) is 10.5. The number of thioether (sulfide) groups is 1. The largest absolute Gasteiger partial charge is 0.372 e. The summed E-state index contributed by atoms with van der Waals surface area (Å²) in [5.41, 5.74) is -0.186. The summed E-state index contributed by atoms with van der Waals surface area (Å²) >= 11 is 2.64. The number of sulfonamides is 1. The van der Waals surface area contributed by atoms with E-state index in [1.165, 1.54) is 4.31 Å². The van der Waals surface area contributed by atoms with E-state index in [0.29, 0.717) is 6.54 Å². The summed E-state index contributed by atoms with van der Waals surface area (Å²) in [7, 11) is -2.14. The fourth-order valence-electron chi connectivity index (χ4n) is 2.06. The molecule has 0 spiro atoms. The number of hydrogen-bond donors (Lipinski definition) is 1. The van der Waals surface area contributed by atoms with Crippen molar-refractivity contribution >= 4 is 43.8 Å². The molecule has 1 saturated heterocycles. The maximum atomic E-state index is 12.6. The van der Waals surface area contributed by atoms with E-state index in [-0.39, 0.29) is 20.9 Å². The zero-order valence-electron chi connectivity index (χ0n) is 11.7.